The minimum Gasteiger partial charge on any atom is -0.497 e. The Morgan fingerprint density at radius 1 is 0.880 bits per heavy atom. The first kappa shape index (κ1) is 17.4. The van der Waals surface area contributed by atoms with Crippen molar-refractivity contribution in [3.05, 3.63) is 60.2 Å². The molecule has 25 heavy (non-hydrogen) atoms. The van der Waals surface area contributed by atoms with Crippen molar-refractivity contribution in [3.8, 4) is 11.5 Å². The molecule has 2 aromatic rings. The second-order valence-electron chi connectivity index (χ2n) is 6.14. The van der Waals surface area contributed by atoms with Gasteiger partial charge in [-0.2, -0.15) is 0 Å². The average molecular weight is 338 g/mol. The van der Waals surface area contributed by atoms with Crippen molar-refractivity contribution < 1.29 is 9.47 Å². The van der Waals surface area contributed by atoms with Gasteiger partial charge in [0.1, 0.15) is 11.5 Å². The quantitative estimate of drug-likeness (QED) is 0.804. The molecule has 0 amide bonds. The molecule has 0 spiro atoms. The summed E-state index contributed by atoms with van der Waals surface area (Å²) >= 11 is 0. The van der Waals surface area contributed by atoms with Gasteiger partial charge in [-0.1, -0.05) is 36.4 Å². The highest BCUT2D eigenvalue weighted by Crippen LogP contribution is 2.28. The number of hydrogen-bond donors (Lipinski definition) is 0. The maximum absolute atomic E-state index is 5.48. The van der Waals surface area contributed by atoms with Gasteiger partial charge in [0, 0.05) is 32.7 Å². The van der Waals surface area contributed by atoms with Crippen LogP contribution >= 0.6 is 0 Å². The third-order valence-corrected chi connectivity index (χ3v) is 4.59. The Bertz CT molecular complexity index is 689. The summed E-state index contributed by atoms with van der Waals surface area (Å²) in [6.07, 6.45) is 4.41. The van der Waals surface area contributed by atoms with Gasteiger partial charge in [-0.3, -0.25) is 4.90 Å². The summed E-state index contributed by atoms with van der Waals surface area (Å²) in [6.45, 7) is 5.15. The van der Waals surface area contributed by atoms with Crippen molar-refractivity contribution in [2.75, 3.05) is 51.8 Å². The van der Waals surface area contributed by atoms with Gasteiger partial charge in [0.2, 0.25) is 0 Å². The number of piperazine rings is 1. The van der Waals surface area contributed by atoms with Gasteiger partial charge in [0.15, 0.2) is 0 Å². The van der Waals surface area contributed by atoms with Crippen molar-refractivity contribution in [2.24, 2.45) is 0 Å². The van der Waals surface area contributed by atoms with Crippen LogP contribution in [0.3, 0.4) is 0 Å². The van der Waals surface area contributed by atoms with Crippen LogP contribution < -0.4 is 14.4 Å². The molecule has 1 aliphatic heterocycles. The standard InChI is InChI=1S/C21H26N2O2/c1-24-19-11-9-18(10-12-19)6-5-13-22-14-16-23(17-15-22)20-7-3-4-8-21(20)25-2/h3-12H,13-17H2,1-2H3/b6-5+. The Balaban J connectivity index is 1.49. The second-order valence-corrected chi connectivity index (χ2v) is 6.14. The Morgan fingerprint density at radius 3 is 2.28 bits per heavy atom. The lowest BCUT2D eigenvalue weighted by Crippen LogP contribution is -2.46. The molecular weight excluding hydrogens is 312 g/mol. The SMILES string of the molecule is COc1ccc(/C=C/CN2CCN(c3ccccc3OC)CC2)cc1. The van der Waals surface area contributed by atoms with Crippen molar-refractivity contribution in [3.63, 3.8) is 0 Å². The third kappa shape index (κ3) is 4.54. The highest BCUT2D eigenvalue weighted by molar-refractivity contribution is 5.58. The Hall–Kier alpha value is -2.46. The monoisotopic (exact) mass is 338 g/mol. The summed E-state index contributed by atoms with van der Waals surface area (Å²) in [6, 6.07) is 16.4. The van der Waals surface area contributed by atoms with Crippen molar-refractivity contribution in [1.82, 2.24) is 4.90 Å². The third-order valence-electron chi connectivity index (χ3n) is 4.59. The first-order chi connectivity index (χ1) is 12.3. The molecule has 1 fully saturated rings. The minimum absolute atomic E-state index is 0.893. The number of ether oxygens (including phenoxy) is 2. The molecule has 0 aromatic heterocycles. The molecular formula is C21H26N2O2. The highest BCUT2D eigenvalue weighted by Gasteiger charge is 2.18. The number of para-hydroxylation sites is 2. The highest BCUT2D eigenvalue weighted by atomic mass is 16.5. The smallest absolute Gasteiger partial charge is 0.142 e. The van der Waals surface area contributed by atoms with E-state index in [9.17, 15) is 0 Å². The molecule has 1 heterocycles. The molecule has 0 aliphatic carbocycles. The number of rotatable bonds is 6. The summed E-state index contributed by atoms with van der Waals surface area (Å²) in [7, 11) is 3.43. The first-order valence-corrected chi connectivity index (χ1v) is 8.71. The Morgan fingerprint density at radius 2 is 1.60 bits per heavy atom. The van der Waals surface area contributed by atoms with Gasteiger partial charge >= 0.3 is 0 Å². The van der Waals surface area contributed by atoms with E-state index in [4.69, 9.17) is 9.47 Å². The second kappa shape index (κ2) is 8.58. The molecule has 0 unspecified atom stereocenters. The molecule has 0 atom stereocenters. The van der Waals surface area contributed by atoms with Crippen LogP contribution in [0.4, 0.5) is 5.69 Å². The van der Waals surface area contributed by atoms with E-state index in [0.29, 0.717) is 0 Å². The van der Waals surface area contributed by atoms with Crippen molar-refractivity contribution in [1.29, 1.82) is 0 Å². The van der Waals surface area contributed by atoms with Gasteiger partial charge in [0.25, 0.3) is 0 Å². The Labute approximate surface area is 150 Å². The predicted molar refractivity (Wildman–Crippen MR) is 104 cm³/mol. The van der Waals surface area contributed by atoms with E-state index in [1.807, 2.05) is 24.3 Å². The minimum atomic E-state index is 0.893. The fraction of sp³-hybridized carbons (Fsp3) is 0.333. The van der Waals surface area contributed by atoms with Crippen molar-refractivity contribution >= 4 is 11.8 Å². The molecule has 0 radical (unpaired) electrons. The van der Waals surface area contributed by atoms with Crippen LogP contribution in [0.5, 0.6) is 11.5 Å². The van der Waals surface area contributed by atoms with E-state index in [2.05, 4.69) is 46.2 Å². The molecule has 3 rings (SSSR count). The lowest BCUT2D eigenvalue weighted by Gasteiger charge is -2.36. The molecule has 4 heteroatoms. The lowest BCUT2D eigenvalue weighted by molar-refractivity contribution is 0.283. The molecule has 0 bridgehead atoms. The number of hydrogen-bond acceptors (Lipinski definition) is 4. The van der Waals surface area contributed by atoms with Crippen LogP contribution in [-0.4, -0.2) is 51.8 Å². The van der Waals surface area contributed by atoms with Crippen LogP contribution in [-0.2, 0) is 0 Å². The lowest BCUT2D eigenvalue weighted by atomic mass is 10.2. The van der Waals surface area contributed by atoms with Gasteiger partial charge in [-0.25, -0.2) is 0 Å². The maximum atomic E-state index is 5.48. The van der Waals surface area contributed by atoms with E-state index < -0.39 is 0 Å². The summed E-state index contributed by atoms with van der Waals surface area (Å²) < 4.78 is 10.7. The average Bonchev–Trinajstić information content (AvgIpc) is 2.69. The zero-order valence-electron chi connectivity index (χ0n) is 15.0. The summed E-state index contributed by atoms with van der Waals surface area (Å²) in [5.41, 5.74) is 2.40. The zero-order chi connectivity index (χ0) is 17.5. The van der Waals surface area contributed by atoms with Gasteiger partial charge in [-0.05, 0) is 29.8 Å². The zero-order valence-corrected chi connectivity index (χ0v) is 15.0. The molecule has 0 saturated carbocycles. The molecule has 1 aliphatic rings. The number of benzene rings is 2. The molecule has 0 N–H and O–H groups in total. The van der Waals surface area contributed by atoms with Gasteiger partial charge in [0.05, 0.1) is 19.9 Å². The van der Waals surface area contributed by atoms with Crippen LogP contribution in [0.15, 0.2) is 54.6 Å². The number of anilines is 1. The fourth-order valence-electron chi connectivity index (χ4n) is 3.12. The van der Waals surface area contributed by atoms with E-state index in [0.717, 1.165) is 44.2 Å². The molecule has 132 valence electrons. The molecule has 1 saturated heterocycles. The predicted octanol–water partition coefficient (Wildman–Crippen LogP) is 3.54. The number of methoxy groups -OCH3 is 2. The first-order valence-electron chi connectivity index (χ1n) is 8.71. The van der Waals surface area contributed by atoms with Crippen LogP contribution in [0.25, 0.3) is 6.08 Å². The van der Waals surface area contributed by atoms with E-state index >= 15 is 0 Å². The van der Waals surface area contributed by atoms with E-state index in [1.54, 1.807) is 14.2 Å². The topological polar surface area (TPSA) is 24.9 Å². The molecule has 2 aromatic carbocycles. The number of nitrogens with zero attached hydrogens (tertiary/aromatic N) is 2. The molecule has 4 nitrogen and oxygen atoms in total. The maximum Gasteiger partial charge on any atom is 0.142 e. The largest absolute Gasteiger partial charge is 0.497 e. The van der Waals surface area contributed by atoms with Crippen LogP contribution in [0.2, 0.25) is 0 Å². The summed E-state index contributed by atoms with van der Waals surface area (Å²) in [4.78, 5) is 4.88. The van der Waals surface area contributed by atoms with Gasteiger partial charge in [-0.15, -0.1) is 0 Å². The fourth-order valence-corrected chi connectivity index (χ4v) is 3.12. The van der Waals surface area contributed by atoms with E-state index in [1.165, 1.54) is 11.3 Å². The van der Waals surface area contributed by atoms with E-state index in [-0.39, 0.29) is 0 Å². The summed E-state index contributed by atoms with van der Waals surface area (Å²) in [5.74, 6) is 1.85. The normalized spacial score (nSPS) is 15.5. The van der Waals surface area contributed by atoms with Gasteiger partial charge < -0.3 is 14.4 Å². The van der Waals surface area contributed by atoms with Crippen LogP contribution in [0.1, 0.15) is 5.56 Å². The van der Waals surface area contributed by atoms with Crippen molar-refractivity contribution in [2.45, 2.75) is 0 Å². The Kier molecular flexibility index (Phi) is 5.96. The van der Waals surface area contributed by atoms with Crippen LogP contribution in [0, 0.1) is 0 Å². The summed E-state index contributed by atoms with van der Waals surface area (Å²) in [5, 5.41) is 0.